The van der Waals surface area contributed by atoms with Crippen LogP contribution in [0, 0.1) is 79.3 Å². The zero-order valence-corrected chi connectivity index (χ0v) is 40.4. The van der Waals surface area contributed by atoms with Gasteiger partial charge in [-0.15, -0.1) is 0 Å². The third-order valence-electron chi connectivity index (χ3n) is 16.4. The number of hydrogen-bond donors (Lipinski definition) is 2. The first-order chi connectivity index (χ1) is 25.0. The van der Waals surface area contributed by atoms with E-state index in [1.165, 1.54) is 57.9 Å². The lowest BCUT2D eigenvalue weighted by molar-refractivity contribution is -0.117. The molecule has 0 aromatic carbocycles. The lowest BCUT2D eigenvalue weighted by Gasteiger charge is -2.65. The maximum atomic E-state index is 6.05. The summed E-state index contributed by atoms with van der Waals surface area (Å²) in [7, 11) is -1.78. The van der Waals surface area contributed by atoms with Crippen molar-refractivity contribution in [3.63, 3.8) is 0 Å². The van der Waals surface area contributed by atoms with Crippen LogP contribution in [0.1, 0.15) is 200 Å². The Hall–Kier alpha value is 0.137. The highest BCUT2D eigenvalue weighted by Crippen LogP contribution is 2.82. The average Bonchev–Trinajstić information content (AvgIpc) is 3.05. The molecule has 8 bridgehead atoms. The van der Waals surface area contributed by atoms with Gasteiger partial charge in [0.2, 0.25) is 0 Å². The Bertz CT molecular complexity index is 1220. The van der Waals surface area contributed by atoms with Gasteiger partial charge in [-0.1, -0.05) is 121 Å². The lowest BCUT2D eigenvalue weighted by Crippen LogP contribution is -2.57. The lowest BCUT2D eigenvalue weighted by atomic mass is 9.43. The summed E-state index contributed by atoms with van der Waals surface area (Å²) in [4.78, 5) is 0. The molecule has 3 aliphatic carbocycles. The van der Waals surface area contributed by atoms with E-state index in [9.17, 15) is 0 Å². The third kappa shape index (κ3) is 9.77. The fraction of sp³-hybridized carbons (Fsp3) is 1.00. The predicted octanol–water partition coefficient (Wildman–Crippen LogP) is 14.8. The van der Waals surface area contributed by atoms with Crippen LogP contribution in [0.3, 0.4) is 0 Å². The third-order valence-corrected chi connectivity index (χ3v) is 22.3. The smallest absolute Gasteiger partial charge is 0.0552 e. The molecule has 0 spiro atoms. The molecule has 8 unspecified atom stereocenters. The van der Waals surface area contributed by atoms with Gasteiger partial charge < -0.3 is 11.1 Å². The molecule has 2 nitrogen and oxygen atoms in total. The van der Waals surface area contributed by atoms with Crippen molar-refractivity contribution in [1.82, 2.24) is 5.32 Å². The second-order valence-corrected chi connectivity index (χ2v) is 30.9. The first kappa shape index (κ1) is 45.2. The molecule has 3 N–H and O–H groups in total. The molecule has 0 aromatic rings. The topological polar surface area (TPSA) is 38.0 Å². The van der Waals surface area contributed by atoms with Crippen molar-refractivity contribution in [1.29, 1.82) is 0 Å². The molecule has 0 aromatic heterocycles. The monoisotopic (exact) mass is 767 g/mol. The number of nitrogens with one attached hydrogen (secondary N) is 1. The molecule has 6 fully saturated rings. The van der Waals surface area contributed by atoms with Gasteiger partial charge in [0.05, 0.1) is 8.07 Å². The van der Waals surface area contributed by atoms with Gasteiger partial charge in [0.15, 0.2) is 0 Å². The molecular weight excluding hydrogens is 669 g/mol. The summed E-state index contributed by atoms with van der Waals surface area (Å²) in [6, 6.07) is 6.59. The van der Waals surface area contributed by atoms with Crippen LogP contribution in [-0.4, -0.2) is 27.7 Å². The van der Waals surface area contributed by atoms with Crippen LogP contribution in [0.15, 0.2) is 0 Å². The van der Waals surface area contributed by atoms with Crippen LogP contribution in [0.25, 0.3) is 0 Å². The van der Waals surface area contributed by atoms with E-state index < -0.39 is 8.07 Å². The van der Waals surface area contributed by atoms with Crippen LogP contribution in [0.4, 0.5) is 0 Å². The van der Waals surface area contributed by atoms with E-state index in [0.29, 0.717) is 37.9 Å². The minimum atomic E-state index is -1.78. The highest BCUT2D eigenvalue weighted by molar-refractivity contribution is 6.80. The summed E-state index contributed by atoms with van der Waals surface area (Å²) in [5.41, 5.74) is 9.47. The zero-order valence-electron chi connectivity index (χ0n) is 39.4. The fourth-order valence-electron chi connectivity index (χ4n) is 19.2. The van der Waals surface area contributed by atoms with Crippen LogP contribution < -0.4 is 11.1 Å². The van der Waals surface area contributed by atoms with Gasteiger partial charge in [0, 0.05) is 13.1 Å². The summed E-state index contributed by atoms with van der Waals surface area (Å²) in [5.74, 6) is 5.44. The quantitative estimate of drug-likeness (QED) is 0.0956. The molecule has 316 valence electrons. The van der Waals surface area contributed by atoms with Gasteiger partial charge in [-0.05, 0) is 189 Å². The molecule has 3 heterocycles. The largest absolute Gasteiger partial charge is 0.329 e. The van der Waals surface area contributed by atoms with Gasteiger partial charge in [-0.25, -0.2) is 0 Å². The van der Waals surface area contributed by atoms with E-state index in [2.05, 4.69) is 102 Å². The van der Waals surface area contributed by atoms with E-state index in [-0.39, 0.29) is 0 Å². The maximum absolute atomic E-state index is 6.05. The maximum Gasteiger partial charge on any atom is 0.0552 e. The van der Waals surface area contributed by atoms with Crippen molar-refractivity contribution in [3.8, 4) is 0 Å². The number of rotatable bonds is 20. The van der Waals surface area contributed by atoms with Gasteiger partial charge in [0.1, 0.15) is 0 Å². The standard InChI is InChI=1S/C51H98N2Si/c1-38(2)20-45-27-46(21-39(3)4)28-47(22-40(5)6)31-48(29-45,23-41(7)8)35-54(19-15-17-53-18-16-52)36-49(30-45,24-42(9)10)34-50(32-46,25-43(11)12)51(33-47,37-54)26-44(13)14/h38-44,53H,15-37,52H2,1-14H3. The highest BCUT2D eigenvalue weighted by Gasteiger charge is 2.73. The molecule has 3 heteroatoms. The van der Waals surface area contributed by atoms with Gasteiger partial charge >= 0.3 is 0 Å². The molecule has 54 heavy (non-hydrogen) atoms. The number of hydrogen-bond acceptors (Lipinski definition) is 2. The predicted molar refractivity (Wildman–Crippen MR) is 242 cm³/mol. The molecular formula is C51H98N2Si. The Labute approximate surface area is 340 Å². The van der Waals surface area contributed by atoms with Crippen molar-refractivity contribution in [2.45, 2.75) is 224 Å². The fourth-order valence-corrected chi connectivity index (χ4v) is 27.1. The SMILES string of the molecule is CC(C)CC12CC3(CC(C)C)CC4(CC(C)C)CC(CC(C)C)(C1)C[Si]1(CCCNCCN)CC(CC(C)C)(C2)CC(CC(C)C)(C3)C(CC(C)C)(C4)C1. The van der Waals surface area contributed by atoms with Crippen molar-refractivity contribution in [2.75, 3.05) is 19.6 Å². The summed E-state index contributed by atoms with van der Waals surface area (Å²) >= 11 is 0. The van der Waals surface area contributed by atoms with E-state index in [1.54, 1.807) is 75.5 Å². The average molecular weight is 767 g/mol. The molecule has 0 radical (unpaired) electrons. The van der Waals surface area contributed by atoms with Crippen LogP contribution in [0.5, 0.6) is 0 Å². The summed E-state index contributed by atoms with van der Waals surface area (Å²) in [5, 5.41) is 3.82. The Morgan fingerprint density at radius 3 is 1.17 bits per heavy atom. The van der Waals surface area contributed by atoms with Crippen LogP contribution >= 0.6 is 0 Å². The Morgan fingerprint density at radius 2 is 0.741 bits per heavy atom. The van der Waals surface area contributed by atoms with E-state index >= 15 is 0 Å². The van der Waals surface area contributed by atoms with Crippen molar-refractivity contribution >= 4 is 8.07 Å². The van der Waals surface area contributed by atoms with Crippen molar-refractivity contribution in [3.05, 3.63) is 0 Å². The molecule has 6 aliphatic rings. The van der Waals surface area contributed by atoms with E-state index in [1.807, 2.05) is 0 Å². The van der Waals surface area contributed by atoms with Crippen molar-refractivity contribution in [2.24, 2.45) is 85.1 Å². The second-order valence-electron chi connectivity index (χ2n) is 26.3. The Balaban J connectivity index is 1.95. The highest BCUT2D eigenvalue weighted by atomic mass is 28.3. The minimum Gasteiger partial charge on any atom is -0.329 e. The second kappa shape index (κ2) is 16.7. The molecule has 3 saturated carbocycles. The van der Waals surface area contributed by atoms with Gasteiger partial charge in [-0.3, -0.25) is 0 Å². The first-order valence-corrected chi connectivity index (χ1v) is 27.2. The van der Waals surface area contributed by atoms with Gasteiger partial charge in [-0.2, -0.15) is 0 Å². The van der Waals surface area contributed by atoms with E-state index in [0.717, 1.165) is 54.5 Å². The first-order valence-electron chi connectivity index (χ1n) is 24.4. The zero-order chi connectivity index (χ0) is 40.0. The Kier molecular flexibility index (Phi) is 13.9. The van der Waals surface area contributed by atoms with Crippen LogP contribution in [-0.2, 0) is 0 Å². The molecule has 6 rings (SSSR count). The molecule has 0 amide bonds. The minimum absolute atomic E-state index is 0.465. The molecule has 3 aliphatic heterocycles. The van der Waals surface area contributed by atoms with Crippen molar-refractivity contribution < 1.29 is 0 Å². The Morgan fingerprint density at radius 1 is 0.407 bits per heavy atom. The van der Waals surface area contributed by atoms with Gasteiger partial charge in [0.25, 0.3) is 0 Å². The molecule has 3 saturated heterocycles. The number of nitrogens with two attached hydrogens (primary N) is 1. The van der Waals surface area contributed by atoms with Crippen LogP contribution in [0.2, 0.25) is 24.2 Å². The van der Waals surface area contributed by atoms with E-state index in [4.69, 9.17) is 5.73 Å². The summed E-state index contributed by atoms with van der Waals surface area (Å²) in [6.45, 7) is 39.8. The summed E-state index contributed by atoms with van der Waals surface area (Å²) < 4.78 is 0. The normalized spacial score (nSPS) is 40.6. The molecule has 8 atom stereocenters. The summed E-state index contributed by atoms with van der Waals surface area (Å²) in [6.07, 6.45) is 24.4.